The zero-order chi connectivity index (χ0) is 12.0. The monoisotopic (exact) mass is 220 g/mol. The molecule has 0 heterocycles. The molecule has 0 saturated carbocycles. The average Bonchev–Trinajstić information content (AvgIpc) is 2.29. The van der Waals surface area contributed by atoms with Gasteiger partial charge in [-0.15, -0.1) is 0 Å². The van der Waals surface area contributed by atoms with E-state index >= 15 is 0 Å². The van der Waals surface area contributed by atoms with E-state index in [1.807, 2.05) is 0 Å². The average molecular weight is 220 g/mol. The zero-order valence-corrected chi connectivity index (χ0v) is 10.7. The van der Waals surface area contributed by atoms with Crippen LogP contribution in [0.1, 0.15) is 45.2 Å². The Balaban J connectivity index is 2.97. The molecule has 0 unspecified atom stereocenters. The van der Waals surface area contributed by atoms with Gasteiger partial charge in [-0.1, -0.05) is 32.0 Å². The third kappa shape index (κ3) is 3.24. The van der Waals surface area contributed by atoms with Crippen LogP contribution in [0.15, 0.2) is 24.3 Å². The molecule has 0 fully saturated rings. The first-order chi connectivity index (χ1) is 7.70. The van der Waals surface area contributed by atoms with Crippen LogP contribution in [-0.2, 0) is 0 Å². The van der Waals surface area contributed by atoms with E-state index in [9.17, 15) is 0 Å². The largest absolute Gasteiger partial charge is 0.371 e. The van der Waals surface area contributed by atoms with Gasteiger partial charge in [-0.25, -0.2) is 0 Å². The fourth-order valence-electron chi connectivity index (χ4n) is 2.05. The molecule has 1 aromatic rings. The number of hydrogen-bond donors (Lipinski definition) is 1. The number of nitrogens with two attached hydrogens (primary N) is 1. The summed E-state index contributed by atoms with van der Waals surface area (Å²) < 4.78 is 0. The van der Waals surface area contributed by atoms with E-state index < -0.39 is 0 Å². The van der Waals surface area contributed by atoms with Crippen molar-refractivity contribution in [3.63, 3.8) is 0 Å². The summed E-state index contributed by atoms with van der Waals surface area (Å²) in [5.41, 5.74) is 8.58. The lowest BCUT2D eigenvalue weighted by molar-refractivity contribution is 0.727. The van der Waals surface area contributed by atoms with Gasteiger partial charge in [-0.3, -0.25) is 0 Å². The van der Waals surface area contributed by atoms with E-state index in [0.29, 0.717) is 0 Å². The minimum absolute atomic E-state index is 0.104. The molecule has 2 nitrogen and oxygen atoms in total. The number of rotatable bonds is 6. The van der Waals surface area contributed by atoms with Crippen LogP contribution in [0.4, 0.5) is 5.69 Å². The second-order valence-corrected chi connectivity index (χ2v) is 4.33. The normalized spacial score (nSPS) is 12.5. The van der Waals surface area contributed by atoms with Gasteiger partial charge in [0.25, 0.3) is 0 Å². The van der Waals surface area contributed by atoms with Gasteiger partial charge < -0.3 is 10.6 Å². The minimum atomic E-state index is 0.104. The van der Waals surface area contributed by atoms with Gasteiger partial charge in [0.1, 0.15) is 0 Å². The summed E-state index contributed by atoms with van der Waals surface area (Å²) >= 11 is 0. The highest BCUT2D eigenvalue weighted by molar-refractivity contribution is 5.54. The number of anilines is 1. The van der Waals surface area contributed by atoms with Crippen molar-refractivity contribution in [1.29, 1.82) is 0 Å². The van der Waals surface area contributed by atoms with Crippen molar-refractivity contribution in [2.24, 2.45) is 5.73 Å². The molecule has 1 aromatic carbocycles. The van der Waals surface area contributed by atoms with Crippen LogP contribution in [0.5, 0.6) is 0 Å². The maximum atomic E-state index is 6.02. The first-order valence-electron chi connectivity index (χ1n) is 6.30. The van der Waals surface area contributed by atoms with Crippen LogP contribution >= 0.6 is 0 Å². The van der Waals surface area contributed by atoms with Gasteiger partial charge in [0.2, 0.25) is 0 Å². The van der Waals surface area contributed by atoms with E-state index in [1.165, 1.54) is 24.1 Å². The molecule has 0 aliphatic heterocycles. The molecule has 16 heavy (non-hydrogen) atoms. The standard InChI is InChI=1S/C14H24N2/c1-4-10-16(11-5-2)14-9-7-6-8-13(14)12(3)15/h6-9,12H,4-5,10-11,15H2,1-3H3/t12-/m1/s1. The van der Waals surface area contributed by atoms with Crippen molar-refractivity contribution in [3.05, 3.63) is 29.8 Å². The number of hydrogen-bond acceptors (Lipinski definition) is 2. The fourth-order valence-corrected chi connectivity index (χ4v) is 2.05. The van der Waals surface area contributed by atoms with Crippen molar-refractivity contribution in [2.45, 2.75) is 39.7 Å². The first kappa shape index (κ1) is 13.0. The van der Waals surface area contributed by atoms with Gasteiger partial charge >= 0.3 is 0 Å². The van der Waals surface area contributed by atoms with E-state index in [0.717, 1.165) is 13.1 Å². The molecular weight excluding hydrogens is 196 g/mol. The van der Waals surface area contributed by atoms with Gasteiger partial charge in [0, 0.05) is 24.8 Å². The Morgan fingerprint density at radius 1 is 1.12 bits per heavy atom. The summed E-state index contributed by atoms with van der Waals surface area (Å²) in [4.78, 5) is 2.44. The topological polar surface area (TPSA) is 29.3 Å². The highest BCUT2D eigenvalue weighted by Gasteiger charge is 2.11. The maximum Gasteiger partial charge on any atom is 0.0414 e. The van der Waals surface area contributed by atoms with Crippen LogP contribution in [0, 0.1) is 0 Å². The predicted molar refractivity (Wildman–Crippen MR) is 71.8 cm³/mol. The Kier molecular flexibility index (Phi) is 5.33. The summed E-state index contributed by atoms with van der Waals surface area (Å²) in [6.45, 7) is 8.71. The molecule has 0 amide bonds. The summed E-state index contributed by atoms with van der Waals surface area (Å²) in [5.74, 6) is 0. The van der Waals surface area contributed by atoms with Crippen molar-refractivity contribution in [2.75, 3.05) is 18.0 Å². The summed E-state index contributed by atoms with van der Waals surface area (Å²) in [5, 5.41) is 0. The first-order valence-corrected chi connectivity index (χ1v) is 6.30. The molecule has 0 aliphatic rings. The third-order valence-electron chi connectivity index (χ3n) is 2.76. The van der Waals surface area contributed by atoms with Crippen molar-refractivity contribution >= 4 is 5.69 Å². The van der Waals surface area contributed by atoms with Gasteiger partial charge in [-0.2, -0.15) is 0 Å². The van der Waals surface area contributed by atoms with Gasteiger partial charge in [0.15, 0.2) is 0 Å². The molecule has 0 spiro atoms. The molecule has 0 saturated heterocycles. The Morgan fingerprint density at radius 2 is 1.69 bits per heavy atom. The highest BCUT2D eigenvalue weighted by Crippen LogP contribution is 2.25. The molecule has 2 heteroatoms. The molecule has 90 valence electrons. The zero-order valence-electron chi connectivity index (χ0n) is 10.7. The van der Waals surface area contributed by atoms with E-state index in [1.54, 1.807) is 0 Å². The predicted octanol–water partition coefficient (Wildman–Crippen LogP) is 3.33. The van der Waals surface area contributed by atoms with Gasteiger partial charge in [-0.05, 0) is 31.4 Å². The van der Waals surface area contributed by atoms with E-state index in [2.05, 4.69) is 49.9 Å². The van der Waals surface area contributed by atoms with Crippen molar-refractivity contribution < 1.29 is 0 Å². The number of nitrogens with zero attached hydrogens (tertiary/aromatic N) is 1. The quantitative estimate of drug-likeness (QED) is 0.796. The lowest BCUT2D eigenvalue weighted by Crippen LogP contribution is -2.27. The lowest BCUT2D eigenvalue weighted by atomic mass is 10.1. The van der Waals surface area contributed by atoms with Gasteiger partial charge in [0.05, 0.1) is 0 Å². The van der Waals surface area contributed by atoms with E-state index in [-0.39, 0.29) is 6.04 Å². The van der Waals surface area contributed by atoms with Crippen LogP contribution in [-0.4, -0.2) is 13.1 Å². The van der Waals surface area contributed by atoms with Crippen LogP contribution in [0.3, 0.4) is 0 Å². The maximum absolute atomic E-state index is 6.02. The smallest absolute Gasteiger partial charge is 0.0414 e. The van der Waals surface area contributed by atoms with Crippen LogP contribution in [0.25, 0.3) is 0 Å². The van der Waals surface area contributed by atoms with Crippen LogP contribution < -0.4 is 10.6 Å². The molecular formula is C14H24N2. The molecule has 0 radical (unpaired) electrons. The summed E-state index contributed by atoms with van der Waals surface area (Å²) in [7, 11) is 0. The second kappa shape index (κ2) is 6.54. The Hall–Kier alpha value is -1.02. The SMILES string of the molecule is CCCN(CCC)c1ccccc1[C@@H](C)N. The third-order valence-corrected chi connectivity index (χ3v) is 2.76. The Morgan fingerprint density at radius 3 is 2.19 bits per heavy atom. The second-order valence-electron chi connectivity index (χ2n) is 4.33. The minimum Gasteiger partial charge on any atom is -0.371 e. The summed E-state index contributed by atoms with van der Waals surface area (Å²) in [6, 6.07) is 8.59. The highest BCUT2D eigenvalue weighted by atomic mass is 15.1. The molecule has 0 aliphatic carbocycles. The summed E-state index contributed by atoms with van der Waals surface area (Å²) in [6.07, 6.45) is 2.35. The molecule has 1 rings (SSSR count). The van der Waals surface area contributed by atoms with Crippen molar-refractivity contribution in [3.8, 4) is 0 Å². The molecule has 2 N–H and O–H groups in total. The molecule has 1 atom stereocenters. The van der Waals surface area contributed by atoms with Crippen molar-refractivity contribution in [1.82, 2.24) is 0 Å². The Bertz CT molecular complexity index is 301. The number of benzene rings is 1. The fraction of sp³-hybridized carbons (Fsp3) is 0.571. The van der Waals surface area contributed by atoms with E-state index in [4.69, 9.17) is 5.73 Å². The Labute approximate surface area is 99.5 Å². The number of para-hydroxylation sites is 1. The molecule has 0 aromatic heterocycles. The van der Waals surface area contributed by atoms with Crippen LogP contribution in [0.2, 0.25) is 0 Å². The lowest BCUT2D eigenvalue weighted by Gasteiger charge is -2.27. The molecule has 0 bridgehead atoms.